The van der Waals surface area contributed by atoms with Crippen LogP contribution >= 0.6 is 0 Å². The monoisotopic (exact) mass is 411 g/mol. The van der Waals surface area contributed by atoms with Gasteiger partial charge in [0.1, 0.15) is 6.04 Å². The number of aromatic nitrogens is 2. The van der Waals surface area contributed by atoms with Gasteiger partial charge in [-0.05, 0) is 42.4 Å². The van der Waals surface area contributed by atoms with Crippen molar-refractivity contribution in [3.8, 4) is 11.3 Å². The van der Waals surface area contributed by atoms with Gasteiger partial charge in [0.2, 0.25) is 11.8 Å². The highest BCUT2D eigenvalue weighted by Gasteiger charge is 2.39. The Balaban J connectivity index is 1.66. The zero-order valence-electron chi connectivity index (χ0n) is 18.6. The molecule has 3 N–H and O–H groups in total. The Bertz CT molecular complexity index is 897. The molecule has 1 aromatic heterocycles. The first-order valence-corrected chi connectivity index (χ1v) is 10.5. The largest absolute Gasteiger partial charge is 0.348 e. The molecule has 0 radical (unpaired) electrons. The molecule has 1 fully saturated rings. The summed E-state index contributed by atoms with van der Waals surface area (Å²) in [5.41, 5.74) is 8.94. The maximum absolute atomic E-state index is 13.0. The molecule has 1 aliphatic rings. The molecule has 0 bridgehead atoms. The third kappa shape index (κ3) is 4.56. The summed E-state index contributed by atoms with van der Waals surface area (Å²) in [4.78, 5) is 27.5. The third-order valence-electron chi connectivity index (χ3n) is 5.92. The molecule has 1 aromatic carbocycles. The Morgan fingerprint density at radius 3 is 2.43 bits per heavy atom. The highest BCUT2D eigenvalue weighted by atomic mass is 16.2. The van der Waals surface area contributed by atoms with E-state index in [1.54, 1.807) is 11.1 Å². The van der Waals surface area contributed by atoms with Gasteiger partial charge >= 0.3 is 0 Å². The van der Waals surface area contributed by atoms with Crippen LogP contribution < -0.4 is 11.1 Å². The summed E-state index contributed by atoms with van der Waals surface area (Å²) in [7, 11) is 1.91. The van der Waals surface area contributed by atoms with Crippen molar-refractivity contribution in [2.75, 3.05) is 6.54 Å². The number of carbonyl (C=O) groups is 2. The summed E-state index contributed by atoms with van der Waals surface area (Å²) in [5.74, 6) is -0.265. The molecule has 2 aromatic rings. The number of hydrogen-bond donors (Lipinski definition) is 2. The molecule has 7 nitrogen and oxygen atoms in total. The fourth-order valence-electron chi connectivity index (χ4n) is 3.84. The van der Waals surface area contributed by atoms with Gasteiger partial charge in [0.05, 0.1) is 17.8 Å². The summed E-state index contributed by atoms with van der Waals surface area (Å²) in [6, 6.07) is 8.82. The highest BCUT2D eigenvalue weighted by molar-refractivity contribution is 5.90. The first kappa shape index (κ1) is 22.0. The van der Waals surface area contributed by atoms with Crippen molar-refractivity contribution < 1.29 is 9.59 Å². The average Bonchev–Trinajstić information content (AvgIpc) is 3.35. The summed E-state index contributed by atoms with van der Waals surface area (Å²) >= 11 is 0. The number of carbonyl (C=O) groups excluding carboxylic acids is 2. The molecule has 162 valence electrons. The normalized spacial score (nSPS) is 18.9. The van der Waals surface area contributed by atoms with E-state index in [-0.39, 0.29) is 23.3 Å². The van der Waals surface area contributed by atoms with E-state index in [2.05, 4.69) is 10.4 Å². The first-order valence-electron chi connectivity index (χ1n) is 10.5. The van der Waals surface area contributed by atoms with Crippen LogP contribution in [-0.2, 0) is 16.6 Å². The van der Waals surface area contributed by atoms with Gasteiger partial charge in [0, 0.05) is 19.8 Å². The molecule has 1 saturated heterocycles. The van der Waals surface area contributed by atoms with Gasteiger partial charge in [-0.15, -0.1) is 0 Å². The van der Waals surface area contributed by atoms with Crippen LogP contribution in [0.1, 0.15) is 52.1 Å². The Hall–Kier alpha value is -2.67. The molecule has 3 atom stereocenters. The van der Waals surface area contributed by atoms with Gasteiger partial charge in [0.25, 0.3) is 0 Å². The maximum Gasteiger partial charge on any atom is 0.243 e. The minimum Gasteiger partial charge on any atom is -0.348 e. The quantitative estimate of drug-likeness (QED) is 0.791. The van der Waals surface area contributed by atoms with Gasteiger partial charge < -0.3 is 16.0 Å². The lowest BCUT2D eigenvalue weighted by Crippen LogP contribution is -2.55. The van der Waals surface area contributed by atoms with Crippen LogP contribution in [-0.4, -0.2) is 45.1 Å². The van der Waals surface area contributed by atoms with E-state index in [1.807, 2.05) is 69.8 Å². The van der Waals surface area contributed by atoms with Gasteiger partial charge in [-0.25, -0.2) is 0 Å². The van der Waals surface area contributed by atoms with Crippen LogP contribution in [0.5, 0.6) is 0 Å². The van der Waals surface area contributed by atoms with Crippen molar-refractivity contribution in [1.29, 1.82) is 0 Å². The molecule has 2 heterocycles. The highest BCUT2D eigenvalue weighted by Crippen LogP contribution is 2.26. The molecule has 0 aliphatic carbocycles. The van der Waals surface area contributed by atoms with Crippen LogP contribution in [0.2, 0.25) is 0 Å². The summed E-state index contributed by atoms with van der Waals surface area (Å²) < 4.78 is 1.83. The number of aryl methyl sites for hydroxylation is 1. The van der Waals surface area contributed by atoms with E-state index in [4.69, 9.17) is 5.73 Å². The topological polar surface area (TPSA) is 93.2 Å². The molecule has 0 spiro atoms. The molecule has 1 aliphatic heterocycles. The minimum atomic E-state index is -0.622. The number of nitrogens with zero attached hydrogens (tertiary/aromatic N) is 3. The van der Waals surface area contributed by atoms with Crippen LogP contribution in [0.4, 0.5) is 0 Å². The molecule has 3 unspecified atom stereocenters. The molecule has 30 heavy (non-hydrogen) atoms. The van der Waals surface area contributed by atoms with Gasteiger partial charge in [-0.1, -0.05) is 45.0 Å². The average molecular weight is 412 g/mol. The second-order valence-corrected chi connectivity index (χ2v) is 9.23. The van der Waals surface area contributed by atoms with Gasteiger partial charge in [-0.2, -0.15) is 5.10 Å². The Morgan fingerprint density at radius 2 is 1.87 bits per heavy atom. The number of nitrogens with two attached hydrogens (primary N) is 1. The van der Waals surface area contributed by atoms with Crippen molar-refractivity contribution in [3.05, 3.63) is 42.1 Å². The Kier molecular flexibility index (Phi) is 6.31. The van der Waals surface area contributed by atoms with Gasteiger partial charge in [-0.3, -0.25) is 14.3 Å². The van der Waals surface area contributed by atoms with E-state index in [0.29, 0.717) is 13.0 Å². The van der Waals surface area contributed by atoms with Crippen molar-refractivity contribution in [1.82, 2.24) is 20.0 Å². The number of amides is 2. The van der Waals surface area contributed by atoms with Gasteiger partial charge in [0.15, 0.2) is 0 Å². The lowest BCUT2D eigenvalue weighted by molar-refractivity contribution is -0.141. The van der Waals surface area contributed by atoms with Crippen molar-refractivity contribution in [3.63, 3.8) is 0 Å². The minimum absolute atomic E-state index is 0.120. The smallest absolute Gasteiger partial charge is 0.243 e. The molecular weight excluding hydrogens is 378 g/mol. The van der Waals surface area contributed by atoms with E-state index < -0.39 is 12.1 Å². The predicted molar refractivity (Wildman–Crippen MR) is 117 cm³/mol. The standard InChI is InChI=1S/C23H33N5O2/c1-15(16-8-10-17(11-9-16)18-12-13-25-27(18)5)26-21(29)19-7-6-14-28(19)22(30)20(24)23(2,3)4/h8-13,15,19-20H,6-7,14,24H2,1-5H3,(H,26,29). The van der Waals surface area contributed by atoms with Crippen molar-refractivity contribution in [2.45, 2.75) is 58.7 Å². The lowest BCUT2D eigenvalue weighted by atomic mass is 9.86. The van der Waals surface area contributed by atoms with Crippen LogP contribution in [0, 0.1) is 5.41 Å². The SMILES string of the molecule is CC(NC(=O)C1CCCN1C(=O)C(N)C(C)(C)C)c1ccc(-c2ccnn2C)cc1. The lowest BCUT2D eigenvalue weighted by Gasteiger charge is -2.33. The van der Waals surface area contributed by atoms with Crippen molar-refractivity contribution >= 4 is 11.8 Å². The predicted octanol–water partition coefficient (Wildman–Crippen LogP) is 2.63. The number of nitrogens with one attached hydrogen (secondary N) is 1. The van der Waals surface area contributed by atoms with E-state index in [9.17, 15) is 9.59 Å². The molecule has 2 amide bonds. The van der Waals surface area contributed by atoms with E-state index in [1.165, 1.54) is 0 Å². The van der Waals surface area contributed by atoms with E-state index in [0.717, 1.165) is 23.2 Å². The van der Waals surface area contributed by atoms with Crippen molar-refractivity contribution in [2.24, 2.45) is 18.2 Å². The van der Waals surface area contributed by atoms with Crippen LogP contribution in [0.3, 0.4) is 0 Å². The van der Waals surface area contributed by atoms with Crippen LogP contribution in [0.25, 0.3) is 11.3 Å². The summed E-state index contributed by atoms with van der Waals surface area (Å²) in [6.07, 6.45) is 3.25. The maximum atomic E-state index is 13.0. The molecule has 7 heteroatoms. The number of benzene rings is 1. The summed E-state index contributed by atoms with van der Waals surface area (Å²) in [5, 5.41) is 7.28. The fraction of sp³-hybridized carbons (Fsp3) is 0.522. The fourth-order valence-corrected chi connectivity index (χ4v) is 3.84. The zero-order chi connectivity index (χ0) is 22.1. The van der Waals surface area contributed by atoms with Crippen LogP contribution in [0.15, 0.2) is 36.5 Å². The second-order valence-electron chi connectivity index (χ2n) is 9.23. The summed E-state index contributed by atoms with van der Waals surface area (Å²) in [6.45, 7) is 8.36. The number of rotatable bonds is 5. The number of likely N-dealkylation sites (tertiary alicyclic amines) is 1. The molecule has 3 rings (SSSR count). The van der Waals surface area contributed by atoms with E-state index >= 15 is 0 Å². The molecular formula is C23H33N5O2. The third-order valence-corrected chi connectivity index (χ3v) is 5.92. The molecule has 0 saturated carbocycles. The second kappa shape index (κ2) is 8.60. The Morgan fingerprint density at radius 1 is 1.20 bits per heavy atom. The first-order chi connectivity index (χ1) is 14.1. The Labute approximate surface area is 178 Å². The number of hydrogen-bond acceptors (Lipinski definition) is 4. The zero-order valence-corrected chi connectivity index (χ0v) is 18.6.